The third-order valence-corrected chi connectivity index (χ3v) is 3.42. The molecule has 0 radical (unpaired) electrons. The normalized spacial score (nSPS) is 14.7. The third kappa shape index (κ3) is 4.04. The summed E-state index contributed by atoms with van der Waals surface area (Å²) >= 11 is 0. The van der Waals surface area contributed by atoms with Gasteiger partial charge in [0, 0.05) is 12.2 Å². The van der Waals surface area contributed by atoms with Crippen LogP contribution >= 0.6 is 0 Å². The van der Waals surface area contributed by atoms with Crippen LogP contribution in [0.1, 0.15) is 39.7 Å². The largest absolute Gasteiger partial charge is 0.388 e. The summed E-state index contributed by atoms with van der Waals surface area (Å²) in [5.74, 6) is 0.244. The van der Waals surface area contributed by atoms with Crippen LogP contribution in [-0.4, -0.2) is 17.3 Å². The molecule has 0 bridgehead atoms. The first kappa shape index (κ1) is 14.0. The van der Waals surface area contributed by atoms with Crippen LogP contribution in [-0.2, 0) is 6.42 Å². The van der Waals surface area contributed by atoms with Crippen LogP contribution in [0.3, 0.4) is 0 Å². The lowest BCUT2D eigenvalue weighted by molar-refractivity contribution is 0.0266. The predicted octanol–water partition coefficient (Wildman–Crippen LogP) is 3.46. The van der Waals surface area contributed by atoms with E-state index < -0.39 is 5.60 Å². The van der Waals surface area contributed by atoms with Crippen molar-refractivity contribution in [1.29, 1.82) is 0 Å². The summed E-state index contributed by atoms with van der Waals surface area (Å²) < 4.78 is 0. The number of nitrogens with one attached hydrogen (secondary N) is 1. The molecule has 1 aromatic carbocycles. The summed E-state index contributed by atoms with van der Waals surface area (Å²) in [6.07, 6.45) is 2.21. The molecule has 0 fully saturated rings. The van der Waals surface area contributed by atoms with Crippen LogP contribution in [0.5, 0.6) is 0 Å². The van der Waals surface area contributed by atoms with Crippen molar-refractivity contribution in [2.24, 2.45) is 5.92 Å². The molecule has 0 amide bonds. The highest BCUT2D eigenvalue weighted by atomic mass is 16.3. The van der Waals surface area contributed by atoms with Gasteiger partial charge in [-0.25, -0.2) is 0 Å². The first-order chi connectivity index (χ1) is 7.97. The molecule has 1 unspecified atom stereocenters. The Bertz CT molecular complexity index is 345. The van der Waals surface area contributed by atoms with E-state index in [1.165, 1.54) is 5.56 Å². The number of hydrogen-bond acceptors (Lipinski definition) is 2. The smallest absolute Gasteiger partial charge is 0.0813 e. The Balaban J connectivity index is 2.69. The molecule has 1 aromatic rings. The van der Waals surface area contributed by atoms with Crippen LogP contribution in [0.25, 0.3) is 0 Å². The Morgan fingerprint density at radius 2 is 1.94 bits per heavy atom. The Kier molecular flexibility index (Phi) is 5.01. The summed E-state index contributed by atoms with van der Waals surface area (Å²) in [6, 6.07) is 8.33. The number of aryl methyl sites for hydroxylation is 1. The SMILES string of the molecule is CCCc1ccccc1NCC(C)(O)C(C)C. The molecule has 2 heteroatoms. The van der Waals surface area contributed by atoms with E-state index in [1.807, 2.05) is 26.8 Å². The fraction of sp³-hybridized carbons (Fsp3) is 0.600. The molecule has 0 saturated heterocycles. The summed E-state index contributed by atoms with van der Waals surface area (Å²) in [7, 11) is 0. The second-order valence-corrected chi connectivity index (χ2v) is 5.27. The summed E-state index contributed by atoms with van der Waals surface area (Å²) in [6.45, 7) is 8.73. The molecule has 0 aliphatic carbocycles. The van der Waals surface area contributed by atoms with Gasteiger partial charge in [0.2, 0.25) is 0 Å². The number of hydrogen-bond donors (Lipinski definition) is 2. The Labute approximate surface area is 105 Å². The van der Waals surface area contributed by atoms with Crippen molar-refractivity contribution < 1.29 is 5.11 Å². The lowest BCUT2D eigenvalue weighted by atomic mass is 9.92. The fourth-order valence-electron chi connectivity index (χ4n) is 1.66. The summed E-state index contributed by atoms with van der Waals surface area (Å²) in [5.41, 5.74) is 1.81. The number of rotatable bonds is 6. The number of para-hydroxylation sites is 1. The number of anilines is 1. The molecule has 0 aliphatic heterocycles. The maximum atomic E-state index is 10.2. The molecule has 0 saturated carbocycles. The van der Waals surface area contributed by atoms with Gasteiger partial charge < -0.3 is 10.4 Å². The van der Waals surface area contributed by atoms with E-state index in [4.69, 9.17) is 0 Å². The minimum Gasteiger partial charge on any atom is -0.388 e. The van der Waals surface area contributed by atoms with Crippen molar-refractivity contribution in [2.75, 3.05) is 11.9 Å². The van der Waals surface area contributed by atoms with E-state index in [1.54, 1.807) is 0 Å². The van der Waals surface area contributed by atoms with Gasteiger partial charge in [0.1, 0.15) is 0 Å². The zero-order valence-electron chi connectivity index (χ0n) is 11.5. The van der Waals surface area contributed by atoms with Gasteiger partial charge in [0.25, 0.3) is 0 Å². The molecule has 1 atom stereocenters. The molecule has 0 heterocycles. The Morgan fingerprint density at radius 3 is 2.53 bits per heavy atom. The molecule has 1 rings (SSSR count). The zero-order chi connectivity index (χ0) is 12.9. The van der Waals surface area contributed by atoms with Crippen molar-refractivity contribution in [3.05, 3.63) is 29.8 Å². The van der Waals surface area contributed by atoms with Gasteiger partial charge in [-0.05, 0) is 30.9 Å². The molecule has 0 spiro atoms. The van der Waals surface area contributed by atoms with Gasteiger partial charge in [-0.1, -0.05) is 45.4 Å². The van der Waals surface area contributed by atoms with Crippen LogP contribution < -0.4 is 5.32 Å². The first-order valence-corrected chi connectivity index (χ1v) is 6.51. The van der Waals surface area contributed by atoms with E-state index in [2.05, 4.69) is 30.4 Å². The molecular formula is C15H25NO. The lowest BCUT2D eigenvalue weighted by Crippen LogP contribution is -2.38. The van der Waals surface area contributed by atoms with E-state index in [0.29, 0.717) is 6.54 Å². The standard InChI is InChI=1S/C15H25NO/c1-5-8-13-9-6-7-10-14(13)16-11-15(4,17)12(2)3/h6-7,9-10,12,16-17H,5,8,11H2,1-4H3. The number of benzene rings is 1. The fourth-order valence-corrected chi connectivity index (χ4v) is 1.66. The topological polar surface area (TPSA) is 32.3 Å². The molecule has 96 valence electrons. The first-order valence-electron chi connectivity index (χ1n) is 6.51. The Hall–Kier alpha value is -1.02. The van der Waals surface area contributed by atoms with Crippen LogP contribution in [0.15, 0.2) is 24.3 Å². The molecule has 2 nitrogen and oxygen atoms in total. The predicted molar refractivity (Wildman–Crippen MR) is 74.4 cm³/mol. The van der Waals surface area contributed by atoms with Crippen LogP contribution in [0.4, 0.5) is 5.69 Å². The number of aliphatic hydroxyl groups is 1. The second-order valence-electron chi connectivity index (χ2n) is 5.27. The van der Waals surface area contributed by atoms with Gasteiger partial charge in [0.15, 0.2) is 0 Å². The second kappa shape index (κ2) is 6.06. The average Bonchev–Trinajstić information content (AvgIpc) is 2.28. The minimum atomic E-state index is -0.667. The highest BCUT2D eigenvalue weighted by Gasteiger charge is 2.24. The van der Waals surface area contributed by atoms with Crippen molar-refractivity contribution in [2.45, 2.75) is 46.1 Å². The highest BCUT2D eigenvalue weighted by Crippen LogP contribution is 2.20. The van der Waals surface area contributed by atoms with E-state index in [-0.39, 0.29) is 5.92 Å². The maximum absolute atomic E-state index is 10.2. The third-order valence-electron chi connectivity index (χ3n) is 3.42. The molecule has 17 heavy (non-hydrogen) atoms. The molecule has 0 aliphatic rings. The average molecular weight is 235 g/mol. The summed E-state index contributed by atoms with van der Waals surface area (Å²) in [5, 5.41) is 13.6. The van der Waals surface area contributed by atoms with Crippen molar-refractivity contribution >= 4 is 5.69 Å². The minimum absolute atomic E-state index is 0.244. The summed E-state index contributed by atoms with van der Waals surface area (Å²) in [4.78, 5) is 0. The molecule has 0 aromatic heterocycles. The van der Waals surface area contributed by atoms with Crippen LogP contribution in [0, 0.1) is 5.92 Å². The van der Waals surface area contributed by atoms with Gasteiger partial charge in [-0.15, -0.1) is 0 Å². The van der Waals surface area contributed by atoms with Crippen molar-refractivity contribution in [3.8, 4) is 0 Å². The Morgan fingerprint density at radius 1 is 1.29 bits per heavy atom. The van der Waals surface area contributed by atoms with Crippen molar-refractivity contribution in [1.82, 2.24) is 0 Å². The zero-order valence-corrected chi connectivity index (χ0v) is 11.5. The van der Waals surface area contributed by atoms with E-state index >= 15 is 0 Å². The van der Waals surface area contributed by atoms with Gasteiger partial charge in [-0.2, -0.15) is 0 Å². The van der Waals surface area contributed by atoms with Gasteiger partial charge in [0.05, 0.1) is 5.60 Å². The molecule has 2 N–H and O–H groups in total. The quantitative estimate of drug-likeness (QED) is 0.791. The lowest BCUT2D eigenvalue weighted by Gasteiger charge is -2.28. The molecular weight excluding hydrogens is 210 g/mol. The van der Waals surface area contributed by atoms with Gasteiger partial charge >= 0.3 is 0 Å². The highest BCUT2D eigenvalue weighted by molar-refractivity contribution is 5.51. The van der Waals surface area contributed by atoms with Crippen LogP contribution in [0.2, 0.25) is 0 Å². The van der Waals surface area contributed by atoms with Crippen molar-refractivity contribution in [3.63, 3.8) is 0 Å². The van der Waals surface area contributed by atoms with E-state index in [9.17, 15) is 5.11 Å². The maximum Gasteiger partial charge on any atom is 0.0813 e. The van der Waals surface area contributed by atoms with E-state index in [0.717, 1.165) is 18.5 Å². The van der Waals surface area contributed by atoms with Gasteiger partial charge in [-0.3, -0.25) is 0 Å². The monoisotopic (exact) mass is 235 g/mol.